The maximum Gasteiger partial charge on any atom is 0.119 e. The number of methoxy groups -OCH3 is 1. The van der Waals surface area contributed by atoms with Gasteiger partial charge in [-0.15, -0.1) is 6.58 Å². The molecule has 0 saturated heterocycles. The van der Waals surface area contributed by atoms with Crippen LogP contribution in [0.5, 0.6) is 5.75 Å². The normalized spacial score (nSPS) is 12.4. The van der Waals surface area contributed by atoms with E-state index in [1.165, 1.54) is 0 Å². The van der Waals surface area contributed by atoms with Gasteiger partial charge in [0.25, 0.3) is 0 Å². The Balaban J connectivity index is 2.66. The summed E-state index contributed by atoms with van der Waals surface area (Å²) in [6.07, 6.45) is 1.15. The highest BCUT2D eigenvalue weighted by Gasteiger charge is 2.12. The van der Waals surface area contributed by atoms with Gasteiger partial charge >= 0.3 is 0 Å². The van der Waals surface area contributed by atoms with E-state index >= 15 is 0 Å². The number of nitrogens with zero attached hydrogens (tertiary/aromatic N) is 1. The first-order chi connectivity index (χ1) is 8.71. The molecule has 0 bridgehead atoms. The van der Waals surface area contributed by atoms with E-state index in [1.807, 2.05) is 29.2 Å². The van der Waals surface area contributed by atoms with Gasteiger partial charge in [-0.3, -0.25) is 4.90 Å². The Kier molecular flexibility index (Phi) is 6.43. The number of rotatable bonds is 8. The Bertz CT molecular complexity index is 368. The Hall–Kier alpha value is -1.36. The number of aliphatic hydroxyl groups excluding tert-OH is 2. The fraction of sp³-hybridized carbons (Fsp3) is 0.429. The minimum Gasteiger partial charge on any atom is -0.497 e. The molecule has 0 aliphatic carbocycles. The van der Waals surface area contributed by atoms with Crippen molar-refractivity contribution in [2.24, 2.45) is 0 Å². The lowest BCUT2D eigenvalue weighted by Crippen LogP contribution is -2.31. The molecule has 18 heavy (non-hydrogen) atoms. The molecule has 1 atom stereocenters. The van der Waals surface area contributed by atoms with Gasteiger partial charge in [-0.2, -0.15) is 0 Å². The topological polar surface area (TPSA) is 52.9 Å². The number of hydrogen-bond acceptors (Lipinski definition) is 4. The van der Waals surface area contributed by atoms with E-state index in [0.29, 0.717) is 19.6 Å². The number of aliphatic hydroxyl groups is 2. The standard InChI is InChI=1S/C14H21NO3/c1-3-7-15(8-9-16)11-14(17)12-5-4-6-13(10-12)18-2/h3-6,10,14,16-17H,1,7-9,11H2,2H3. The zero-order valence-electron chi connectivity index (χ0n) is 10.7. The number of ether oxygens (including phenoxy) is 1. The molecule has 0 fully saturated rings. The van der Waals surface area contributed by atoms with Crippen LogP contribution in [0, 0.1) is 0 Å². The lowest BCUT2D eigenvalue weighted by Gasteiger charge is -2.23. The number of benzene rings is 1. The monoisotopic (exact) mass is 251 g/mol. The first-order valence-electron chi connectivity index (χ1n) is 5.97. The molecule has 100 valence electrons. The predicted octanol–water partition coefficient (Wildman–Crippen LogP) is 1.21. The average Bonchev–Trinajstić information content (AvgIpc) is 2.39. The molecule has 0 saturated carbocycles. The molecular formula is C14H21NO3. The Labute approximate surface area is 108 Å². The molecule has 1 aromatic carbocycles. The van der Waals surface area contributed by atoms with Crippen molar-refractivity contribution in [2.45, 2.75) is 6.10 Å². The molecule has 0 heterocycles. The summed E-state index contributed by atoms with van der Waals surface area (Å²) in [5.74, 6) is 0.726. The third-order valence-electron chi connectivity index (χ3n) is 2.71. The van der Waals surface area contributed by atoms with Crippen LogP contribution in [0.1, 0.15) is 11.7 Å². The molecule has 0 aliphatic rings. The SMILES string of the molecule is C=CCN(CCO)CC(O)c1cccc(OC)c1. The zero-order valence-corrected chi connectivity index (χ0v) is 10.7. The maximum atomic E-state index is 10.2. The largest absolute Gasteiger partial charge is 0.497 e. The van der Waals surface area contributed by atoms with Gasteiger partial charge in [0.2, 0.25) is 0 Å². The van der Waals surface area contributed by atoms with E-state index in [0.717, 1.165) is 11.3 Å². The molecule has 0 radical (unpaired) electrons. The van der Waals surface area contributed by atoms with Crippen LogP contribution >= 0.6 is 0 Å². The van der Waals surface area contributed by atoms with Crippen molar-refractivity contribution in [3.8, 4) is 5.75 Å². The van der Waals surface area contributed by atoms with Crippen LogP contribution in [0.3, 0.4) is 0 Å². The van der Waals surface area contributed by atoms with Crippen LogP contribution in [0.25, 0.3) is 0 Å². The molecule has 2 N–H and O–H groups in total. The lowest BCUT2D eigenvalue weighted by atomic mass is 10.1. The number of hydrogen-bond donors (Lipinski definition) is 2. The molecule has 4 nitrogen and oxygen atoms in total. The quantitative estimate of drug-likeness (QED) is 0.682. The summed E-state index contributed by atoms with van der Waals surface area (Å²) in [6.45, 7) is 5.35. The molecule has 0 aromatic heterocycles. The smallest absolute Gasteiger partial charge is 0.119 e. The highest BCUT2D eigenvalue weighted by molar-refractivity contribution is 5.29. The van der Waals surface area contributed by atoms with Crippen molar-refractivity contribution < 1.29 is 14.9 Å². The van der Waals surface area contributed by atoms with Gasteiger partial charge in [0.1, 0.15) is 5.75 Å². The molecule has 0 spiro atoms. The third-order valence-corrected chi connectivity index (χ3v) is 2.71. The summed E-state index contributed by atoms with van der Waals surface area (Å²) in [5, 5.41) is 19.1. The van der Waals surface area contributed by atoms with E-state index in [1.54, 1.807) is 13.2 Å². The van der Waals surface area contributed by atoms with Crippen LogP contribution in [0.15, 0.2) is 36.9 Å². The summed E-state index contributed by atoms with van der Waals surface area (Å²) in [7, 11) is 1.60. The van der Waals surface area contributed by atoms with Gasteiger partial charge in [-0.05, 0) is 17.7 Å². The van der Waals surface area contributed by atoms with E-state index in [4.69, 9.17) is 9.84 Å². The van der Waals surface area contributed by atoms with Crippen LogP contribution < -0.4 is 4.74 Å². The summed E-state index contributed by atoms with van der Waals surface area (Å²) in [4.78, 5) is 1.94. The van der Waals surface area contributed by atoms with Gasteiger partial charge < -0.3 is 14.9 Å². The summed E-state index contributed by atoms with van der Waals surface area (Å²) >= 11 is 0. The maximum absolute atomic E-state index is 10.2. The minimum atomic E-state index is -0.605. The Morgan fingerprint density at radius 2 is 2.28 bits per heavy atom. The minimum absolute atomic E-state index is 0.0681. The lowest BCUT2D eigenvalue weighted by molar-refractivity contribution is 0.107. The zero-order chi connectivity index (χ0) is 13.4. The summed E-state index contributed by atoms with van der Waals surface area (Å²) in [6, 6.07) is 7.36. The summed E-state index contributed by atoms with van der Waals surface area (Å²) in [5.41, 5.74) is 0.807. The van der Waals surface area contributed by atoms with Crippen LogP contribution in [-0.2, 0) is 0 Å². The van der Waals surface area contributed by atoms with Gasteiger partial charge in [0.15, 0.2) is 0 Å². The van der Waals surface area contributed by atoms with E-state index < -0.39 is 6.10 Å². The second-order valence-electron chi connectivity index (χ2n) is 4.06. The molecule has 4 heteroatoms. The first-order valence-corrected chi connectivity index (χ1v) is 5.97. The molecule has 0 aliphatic heterocycles. The highest BCUT2D eigenvalue weighted by Crippen LogP contribution is 2.19. The van der Waals surface area contributed by atoms with Gasteiger partial charge in [-0.1, -0.05) is 18.2 Å². The van der Waals surface area contributed by atoms with Gasteiger partial charge in [0.05, 0.1) is 19.8 Å². The van der Waals surface area contributed by atoms with E-state index in [9.17, 15) is 5.11 Å². The van der Waals surface area contributed by atoms with Gasteiger partial charge in [-0.25, -0.2) is 0 Å². The van der Waals surface area contributed by atoms with Gasteiger partial charge in [0, 0.05) is 19.6 Å². The van der Waals surface area contributed by atoms with E-state index in [-0.39, 0.29) is 6.61 Å². The predicted molar refractivity (Wildman–Crippen MR) is 71.7 cm³/mol. The van der Waals surface area contributed by atoms with Crippen LogP contribution in [0.4, 0.5) is 0 Å². The Morgan fingerprint density at radius 1 is 1.50 bits per heavy atom. The summed E-state index contributed by atoms with van der Waals surface area (Å²) < 4.78 is 5.12. The molecular weight excluding hydrogens is 230 g/mol. The third kappa shape index (κ3) is 4.49. The first kappa shape index (κ1) is 14.7. The van der Waals surface area contributed by atoms with Crippen molar-refractivity contribution in [3.05, 3.63) is 42.5 Å². The Morgan fingerprint density at radius 3 is 2.89 bits per heavy atom. The van der Waals surface area contributed by atoms with Crippen molar-refractivity contribution in [1.82, 2.24) is 4.90 Å². The molecule has 1 unspecified atom stereocenters. The van der Waals surface area contributed by atoms with Crippen molar-refractivity contribution in [2.75, 3.05) is 33.4 Å². The fourth-order valence-electron chi connectivity index (χ4n) is 1.78. The molecule has 0 amide bonds. The fourth-order valence-corrected chi connectivity index (χ4v) is 1.78. The van der Waals surface area contributed by atoms with Crippen LogP contribution in [-0.4, -0.2) is 48.5 Å². The van der Waals surface area contributed by atoms with Crippen molar-refractivity contribution in [3.63, 3.8) is 0 Å². The average molecular weight is 251 g/mol. The van der Waals surface area contributed by atoms with E-state index in [2.05, 4.69) is 6.58 Å². The second-order valence-corrected chi connectivity index (χ2v) is 4.06. The van der Waals surface area contributed by atoms with Crippen molar-refractivity contribution >= 4 is 0 Å². The highest BCUT2D eigenvalue weighted by atomic mass is 16.5. The molecule has 1 rings (SSSR count). The van der Waals surface area contributed by atoms with Crippen molar-refractivity contribution in [1.29, 1.82) is 0 Å². The molecule has 1 aromatic rings. The second kappa shape index (κ2) is 7.87. The van der Waals surface area contributed by atoms with Crippen LogP contribution in [0.2, 0.25) is 0 Å².